The number of amides is 3. The Kier molecular flexibility index (Phi) is 14.5. The first-order valence-electron chi connectivity index (χ1n) is 17.0. The van der Waals surface area contributed by atoms with Gasteiger partial charge in [-0.2, -0.15) is 0 Å². The van der Waals surface area contributed by atoms with E-state index in [2.05, 4.69) is 59.5 Å². The lowest BCUT2D eigenvalue weighted by Crippen LogP contribution is -2.57. The lowest BCUT2D eigenvalue weighted by Gasteiger charge is -2.27. The number of methoxy groups -OCH3 is 1. The summed E-state index contributed by atoms with van der Waals surface area (Å²) in [6.45, 7) is 9.44. The highest BCUT2D eigenvalue weighted by molar-refractivity contribution is 14.1. The van der Waals surface area contributed by atoms with Crippen LogP contribution in [-0.2, 0) is 43.3 Å². The maximum absolute atomic E-state index is 14.0. The maximum atomic E-state index is 14.0. The molecule has 11 nitrogen and oxygen atoms in total. The smallest absolute Gasteiger partial charge is 0.408 e. The topological polar surface area (TPSA) is 148 Å². The molecule has 0 bridgehead atoms. The molecular weight excluding hydrogens is 843 g/mol. The minimum Gasteiger partial charge on any atom is -0.488 e. The Morgan fingerprint density at radius 2 is 1.54 bits per heavy atom. The zero-order valence-corrected chi connectivity index (χ0v) is 33.9. The predicted molar refractivity (Wildman–Crippen MR) is 212 cm³/mol. The number of hydrogen-bond acceptors (Lipinski definition) is 7. The van der Waals surface area contributed by atoms with Gasteiger partial charge in [0, 0.05) is 28.9 Å². The summed E-state index contributed by atoms with van der Waals surface area (Å²) < 4.78 is 18.3. The van der Waals surface area contributed by atoms with Crippen LogP contribution in [0.3, 0.4) is 0 Å². The second-order valence-corrected chi connectivity index (χ2v) is 15.9. The van der Waals surface area contributed by atoms with Gasteiger partial charge in [-0.05, 0) is 107 Å². The van der Waals surface area contributed by atoms with Crippen LogP contribution in [0.1, 0.15) is 57.7 Å². The van der Waals surface area contributed by atoms with Crippen molar-refractivity contribution in [2.24, 2.45) is 5.92 Å². The van der Waals surface area contributed by atoms with E-state index in [-0.39, 0.29) is 25.2 Å². The van der Waals surface area contributed by atoms with Crippen molar-refractivity contribution in [1.82, 2.24) is 20.9 Å². The van der Waals surface area contributed by atoms with Gasteiger partial charge in [-0.15, -0.1) is 0 Å². The molecule has 4 N–H and O–H groups in total. The number of aromatic amines is 1. The van der Waals surface area contributed by atoms with Gasteiger partial charge in [-0.3, -0.25) is 9.59 Å². The lowest BCUT2D eigenvalue weighted by molar-refractivity contribution is -0.145. The van der Waals surface area contributed by atoms with E-state index in [1.807, 2.05) is 80.6 Å². The van der Waals surface area contributed by atoms with Crippen molar-refractivity contribution < 1.29 is 33.4 Å². The van der Waals surface area contributed by atoms with E-state index >= 15 is 0 Å². The van der Waals surface area contributed by atoms with Gasteiger partial charge >= 0.3 is 12.1 Å². The third-order valence-corrected chi connectivity index (χ3v) is 9.50. The molecule has 3 atom stereocenters. The van der Waals surface area contributed by atoms with Gasteiger partial charge in [0.15, 0.2) is 0 Å². The zero-order valence-electron chi connectivity index (χ0n) is 30.2. The molecule has 3 amide bonds. The molecule has 0 aliphatic rings. The number of hydrogen-bond donors (Lipinski definition) is 4. The molecule has 0 saturated heterocycles. The first-order valence-corrected chi connectivity index (χ1v) is 18.9. The summed E-state index contributed by atoms with van der Waals surface area (Å²) >= 11 is 5.71. The highest BCUT2D eigenvalue weighted by atomic mass is 127. The molecular formula is C39H46BrIN4O7. The Balaban J connectivity index is 1.53. The van der Waals surface area contributed by atoms with Crippen LogP contribution in [0, 0.1) is 9.49 Å². The van der Waals surface area contributed by atoms with Crippen molar-refractivity contribution in [3.05, 3.63) is 97.7 Å². The second kappa shape index (κ2) is 18.6. The van der Waals surface area contributed by atoms with Gasteiger partial charge in [0.25, 0.3) is 0 Å². The third kappa shape index (κ3) is 12.0. The number of para-hydroxylation sites is 1. The summed E-state index contributed by atoms with van der Waals surface area (Å²) in [4.78, 5) is 56.9. The average molecular weight is 890 g/mol. The Morgan fingerprint density at radius 3 is 2.19 bits per heavy atom. The monoisotopic (exact) mass is 888 g/mol. The molecule has 0 fully saturated rings. The van der Waals surface area contributed by atoms with Gasteiger partial charge in [-0.1, -0.05) is 62.4 Å². The van der Waals surface area contributed by atoms with Gasteiger partial charge in [0.1, 0.15) is 36.1 Å². The van der Waals surface area contributed by atoms with Crippen LogP contribution >= 0.6 is 38.5 Å². The third-order valence-electron chi connectivity index (χ3n) is 8.00. The van der Waals surface area contributed by atoms with Gasteiger partial charge in [-0.25, -0.2) is 9.59 Å². The van der Waals surface area contributed by atoms with Crippen LogP contribution in [-0.4, -0.2) is 59.7 Å². The molecule has 1 aromatic heterocycles. The summed E-state index contributed by atoms with van der Waals surface area (Å²) in [5.41, 5.74) is 2.66. The fourth-order valence-electron chi connectivity index (χ4n) is 5.57. The van der Waals surface area contributed by atoms with Crippen LogP contribution in [0.25, 0.3) is 10.9 Å². The molecule has 0 aliphatic heterocycles. The van der Waals surface area contributed by atoms with E-state index in [0.29, 0.717) is 12.4 Å². The van der Waals surface area contributed by atoms with E-state index < -0.39 is 47.6 Å². The summed E-state index contributed by atoms with van der Waals surface area (Å²) in [5.74, 6) is -1.07. The normalized spacial score (nSPS) is 13.2. The highest BCUT2D eigenvalue weighted by Crippen LogP contribution is 2.27. The Hall–Kier alpha value is -4.11. The fourth-order valence-corrected chi connectivity index (χ4v) is 6.78. The number of H-pyrrole nitrogens is 1. The van der Waals surface area contributed by atoms with Crippen molar-refractivity contribution in [1.29, 1.82) is 0 Å². The number of halogens is 2. The van der Waals surface area contributed by atoms with Crippen molar-refractivity contribution in [2.45, 2.75) is 84.2 Å². The van der Waals surface area contributed by atoms with Crippen LogP contribution in [0.2, 0.25) is 0 Å². The van der Waals surface area contributed by atoms with Crippen molar-refractivity contribution in [2.75, 3.05) is 7.11 Å². The number of ether oxygens (including phenoxy) is 3. The molecule has 13 heteroatoms. The van der Waals surface area contributed by atoms with Gasteiger partial charge < -0.3 is 35.1 Å². The number of benzene rings is 3. The van der Waals surface area contributed by atoms with Gasteiger partial charge in [0.05, 0.1) is 16.2 Å². The van der Waals surface area contributed by atoms with Crippen molar-refractivity contribution in [3.8, 4) is 5.75 Å². The number of rotatable bonds is 15. The van der Waals surface area contributed by atoms with Crippen LogP contribution < -0.4 is 20.7 Å². The molecule has 0 unspecified atom stereocenters. The fraction of sp³-hybridized carbons (Fsp3) is 0.385. The Morgan fingerprint density at radius 1 is 0.846 bits per heavy atom. The Labute approximate surface area is 326 Å². The average Bonchev–Trinajstić information content (AvgIpc) is 3.49. The molecule has 4 rings (SSSR count). The molecule has 0 saturated carbocycles. The lowest BCUT2D eigenvalue weighted by atomic mass is 10.00. The first kappa shape index (κ1) is 40.7. The number of esters is 1. The van der Waals surface area contributed by atoms with Gasteiger partial charge in [0.2, 0.25) is 11.8 Å². The summed E-state index contributed by atoms with van der Waals surface area (Å²) in [5, 5.41) is 9.25. The molecule has 0 radical (unpaired) electrons. The first-order chi connectivity index (χ1) is 24.6. The largest absolute Gasteiger partial charge is 0.488 e. The number of nitrogens with one attached hydrogen (secondary N) is 4. The second-order valence-electron chi connectivity index (χ2n) is 13.9. The minimum atomic E-state index is -1.09. The quantitative estimate of drug-likeness (QED) is 0.0744. The molecule has 1 heterocycles. The summed E-state index contributed by atoms with van der Waals surface area (Å²) in [6, 6.07) is 18.0. The van der Waals surface area contributed by atoms with E-state index in [1.165, 1.54) is 7.11 Å². The Bertz CT molecular complexity index is 1860. The SMILES string of the molecule is COC(=O)[C@H](Cc1c[nH]c2c(Br)cccc12)NC(=O)[C@H](CC(C)C)NC(=O)[C@H](Cc1ccc(OCc2ccccc2)c(I)c1)NC(=O)OC(C)(C)C. The predicted octanol–water partition coefficient (Wildman–Crippen LogP) is 6.98. The minimum absolute atomic E-state index is 0.000804. The van der Waals surface area contributed by atoms with E-state index in [0.717, 1.165) is 35.6 Å². The number of alkyl carbamates (subject to hydrolysis) is 1. The van der Waals surface area contributed by atoms with Crippen molar-refractivity contribution >= 4 is 73.3 Å². The number of aromatic nitrogens is 1. The molecule has 52 heavy (non-hydrogen) atoms. The summed E-state index contributed by atoms with van der Waals surface area (Å²) in [7, 11) is 1.26. The number of carbonyl (C=O) groups excluding carboxylic acids is 4. The standard InChI is InChI=1S/C39H46BrIN4O7/c1-23(2)17-30(35(46)44-32(37(48)50-6)20-26-21-42-34-27(26)13-10-14-28(34)40)43-36(47)31(45-38(49)52-39(3,4)5)19-25-15-16-33(29(41)18-25)51-22-24-11-8-7-9-12-24/h7-16,18,21,23,30-32,42H,17,19-20,22H2,1-6H3,(H,43,47)(H,44,46)(H,45,49)/t30-,31-,32-/m0/s1. The maximum Gasteiger partial charge on any atom is 0.408 e. The molecule has 0 aliphatic carbocycles. The van der Waals surface area contributed by atoms with Crippen LogP contribution in [0.4, 0.5) is 4.79 Å². The van der Waals surface area contributed by atoms with E-state index in [1.54, 1.807) is 27.0 Å². The molecule has 0 spiro atoms. The molecule has 3 aromatic carbocycles. The van der Waals surface area contributed by atoms with E-state index in [4.69, 9.17) is 14.2 Å². The van der Waals surface area contributed by atoms with Crippen molar-refractivity contribution in [3.63, 3.8) is 0 Å². The molecule has 278 valence electrons. The molecule has 4 aromatic rings. The zero-order chi connectivity index (χ0) is 38.0. The van der Waals surface area contributed by atoms with E-state index in [9.17, 15) is 19.2 Å². The number of fused-ring (bicyclic) bond motifs is 1. The van der Waals surface area contributed by atoms with Crippen LogP contribution in [0.5, 0.6) is 5.75 Å². The highest BCUT2D eigenvalue weighted by Gasteiger charge is 2.32. The summed E-state index contributed by atoms with van der Waals surface area (Å²) in [6.07, 6.45) is 1.56. The number of carbonyl (C=O) groups is 4. The van der Waals surface area contributed by atoms with Crippen LogP contribution in [0.15, 0.2) is 77.4 Å².